The first kappa shape index (κ1) is 14.9. The van der Waals surface area contributed by atoms with Gasteiger partial charge >= 0.3 is 0 Å². The van der Waals surface area contributed by atoms with E-state index in [9.17, 15) is 8.42 Å². The van der Waals surface area contributed by atoms with Gasteiger partial charge in [-0.05, 0) is 0 Å². The van der Waals surface area contributed by atoms with E-state index in [0.29, 0.717) is 0 Å². The van der Waals surface area contributed by atoms with Crippen LogP contribution in [0, 0.1) is 0 Å². The highest BCUT2D eigenvalue weighted by atomic mass is 32.2. The van der Waals surface area contributed by atoms with Crippen LogP contribution in [0.25, 0.3) is 0 Å². The second-order valence-electron chi connectivity index (χ2n) is 3.93. The first-order chi connectivity index (χ1) is 7.17. The van der Waals surface area contributed by atoms with Crippen LogP contribution in [-0.4, -0.2) is 71.1 Å². The summed E-state index contributed by atoms with van der Waals surface area (Å²) in [4.78, 5) is 7.26. The van der Waals surface area contributed by atoms with Crippen LogP contribution < -0.4 is 0 Å². The van der Waals surface area contributed by atoms with E-state index in [1.54, 1.807) is 38.0 Å². The van der Waals surface area contributed by atoms with Crippen molar-refractivity contribution in [1.29, 1.82) is 0 Å². The Morgan fingerprint density at radius 3 is 1.81 bits per heavy atom. The Morgan fingerprint density at radius 1 is 1.00 bits per heavy atom. The Morgan fingerprint density at radius 2 is 1.50 bits per heavy atom. The van der Waals surface area contributed by atoms with Crippen molar-refractivity contribution in [3.05, 3.63) is 11.2 Å². The molecule has 0 N–H and O–H groups in total. The molecule has 0 saturated heterocycles. The number of sulfonamides is 1. The highest BCUT2D eigenvalue weighted by Crippen LogP contribution is 2.11. The van der Waals surface area contributed by atoms with E-state index in [4.69, 9.17) is 0 Å². The number of nitrogens with zero attached hydrogens (tertiary/aromatic N) is 4. The molecule has 0 fully saturated rings. The zero-order valence-corrected chi connectivity index (χ0v) is 11.5. The van der Waals surface area contributed by atoms with Gasteiger partial charge in [0.05, 0.1) is 6.34 Å². The molecule has 6 nitrogen and oxygen atoms in total. The van der Waals surface area contributed by atoms with Crippen LogP contribution in [0.4, 0.5) is 0 Å². The maximum Gasteiger partial charge on any atom is 0.261 e. The molecule has 0 unspecified atom stereocenters. The summed E-state index contributed by atoms with van der Waals surface area (Å²) in [6.45, 7) is 0. The van der Waals surface area contributed by atoms with E-state index in [1.807, 2.05) is 0 Å². The molecule has 0 spiro atoms. The van der Waals surface area contributed by atoms with Gasteiger partial charge in [-0.15, -0.1) is 0 Å². The summed E-state index contributed by atoms with van der Waals surface area (Å²) in [5.74, 6) is 0. The van der Waals surface area contributed by atoms with Crippen molar-refractivity contribution in [1.82, 2.24) is 14.1 Å². The predicted octanol–water partition coefficient (Wildman–Crippen LogP) is -0.172. The number of hydrogen-bond donors (Lipinski definition) is 0. The Hall–Kier alpha value is -1.08. The smallest absolute Gasteiger partial charge is 0.261 e. The monoisotopic (exact) mass is 248 g/mol. The fraction of sp³-hybridized carbons (Fsp3) is 0.667. The normalized spacial score (nSPS) is 13.6. The van der Waals surface area contributed by atoms with Gasteiger partial charge in [0.2, 0.25) is 0 Å². The molecule has 0 atom stereocenters. The van der Waals surface area contributed by atoms with Crippen molar-refractivity contribution in [2.45, 2.75) is 0 Å². The Bertz CT molecular complexity index is 369. The van der Waals surface area contributed by atoms with Gasteiger partial charge in [0.25, 0.3) is 10.0 Å². The number of hydrogen-bond acceptors (Lipinski definition) is 4. The SMILES string of the molecule is CN(C)C=N/C(=C\N(C)C)S(=O)(=O)N(C)C. The molecule has 7 heteroatoms. The van der Waals surface area contributed by atoms with Crippen LogP contribution in [0.3, 0.4) is 0 Å². The van der Waals surface area contributed by atoms with Gasteiger partial charge < -0.3 is 9.80 Å². The zero-order chi connectivity index (χ0) is 12.9. The van der Waals surface area contributed by atoms with E-state index in [-0.39, 0.29) is 5.03 Å². The molecule has 0 amide bonds. The molecule has 0 aromatic carbocycles. The quantitative estimate of drug-likeness (QED) is 0.500. The zero-order valence-electron chi connectivity index (χ0n) is 10.7. The highest BCUT2D eigenvalue weighted by molar-refractivity contribution is 7.92. The largest absolute Gasteiger partial charge is 0.381 e. The molecule has 0 aliphatic carbocycles. The van der Waals surface area contributed by atoms with E-state index >= 15 is 0 Å². The maximum absolute atomic E-state index is 11.9. The molecule has 94 valence electrons. The third-order valence-corrected chi connectivity index (χ3v) is 3.23. The summed E-state index contributed by atoms with van der Waals surface area (Å²) >= 11 is 0. The molecule has 0 aliphatic rings. The molecule has 0 saturated carbocycles. The summed E-state index contributed by atoms with van der Waals surface area (Å²) < 4.78 is 24.9. The van der Waals surface area contributed by atoms with Crippen molar-refractivity contribution in [3.8, 4) is 0 Å². The minimum Gasteiger partial charge on any atom is -0.381 e. The summed E-state index contributed by atoms with van der Waals surface area (Å²) in [5, 5.41) is 0.0104. The molecule has 0 rings (SSSR count). The van der Waals surface area contributed by atoms with Crippen molar-refractivity contribution >= 4 is 16.4 Å². The molecule has 0 aliphatic heterocycles. The lowest BCUT2D eigenvalue weighted by Crippen LogP contribution is -2.25. The lowest BCUT2D eigenvalue weighted by molar-refractivity contribution is 0.520. The Kier molecular flexibility index (Phi) is 5.46. The lowest BCUT2D eigenvalue weighted by atomic mass is 10.8. The van der Waals surface area contributed by atoms with E-state index in [1.165, 1.54) is 26.6 Å². The molecule has 0 aromatic heterocycles. The highest BCUT2D eigenvalue weighted by Gasteiger charge is 2.20. The molecule has 0 radical (unpaired) electrons. The molecular formula is C9H20N4O2S. The van der Waals surface area contributed by atoms with E-state index in [0.717, 1.165) is 4.31 Å². The summed E-state index contributed by atoms with van der Waals surface area (Å²) in [6, 6.07) is 0. The summed E-state index contributed by atoms with van der Waals surface area (Å²) in [6.07, 6.45) is 2.92. The summed E-state index contributed by atoms with van der Waals surface area (Å²) in [5.41, 5.74) is 0. The van der Waals surface area contributed by atoms with Crippen LogP contribution in [0.15, 0.2) is 16.2 Å². The molecular weight excluding hydrogens is 228 g/mol. The standard InChI is InChI=1S/C9H20N4O2S/c1-11(2)7-9(10-8-12(3)4)16(14,15)13(5)6/h7-8H,1-6H3/b9-7+,10-8?. The van der Waals surface area contributed by atoms with Crippen LogP contribution in [0.1, 0.15) is 0 Å². The third kappa shape index (κ3) is 4.63. The average Bonchev–Trinajstić information content (AvgIpc) is 2.10. The predicted molar refractivity (Wildman–Crippen MR) is 66.6 cm³/mol. The van der Waals surface area contributed by atoms with Gasteiger partial charge in [-0.1, -0.05) is 0 Å². The van der Waals surface area contributed by atoms with Crippen LogP contribution in [-0.2, 0) is 10.0 Å². The first-order valence-corrected chi connectivity index (χ1v) is 6.13. The van der Waals surface area contributed by atoms with Gasteiger partial charge in [-0.2, -0.15) is 0 Å². The Labute approximate surface area is 97.9 Å². The number of rotatable bonds is 5. The van der Waals surface area contributed by atoms with Gasteiger partial charge in [0.15, 0.2) is 5.03 Å². The van der Waals surface area contributed by atoms with Gasteiger partial charge in [0, 0.05) is 48.5 Å². The molecule has 0 aromatic rings. The van der Waals surface area contributed by atoms with Gasteiger partial charge in [0.1, 0.15) is 0 Å². The fourth-order valence-corrected chi connectivity index (χ4v) is 1.65. The van der Waals surface area contributed by atoms with Crippen LogP contribution in [0.5, 0.6) is 0 Å². The lowest BCUT2D eigenvalue weighted by Gasteiger charge is -2.14. The molecule has 0 heterocycles. The van der Waals surface area contributed by atoms with Crippen LogP contribution >= 0.6 is 0 Å². The molecule has 16 heavy (non-hydrogen) atoms. The molecule has 0 bridgehead atoms. The first-order valence-electron chi connectivity index (χ1n) is 4.69. The van der Waals surface area contributed by atoms with Crippen LogP contribution in [0.2, 0.25) is 0 Å². The van der Waals surface area contributed by atoms with Crippen molar-refractivity contribution in [3.63, 3.8) is 0 Å². The van der Waals surface area contributed by atoms with Gasteiger partial charge in [-0.3, -0.25) is 0 Å². The maximum atomic E-state index is 11.9. The van der Waals surface area contributed by atoms with Crippen molar-refractivity contribution in [2.24, 2.45) is 4.99 Å². The van der Waals surface area contributed by atoms with Crippen molar-refractivity contribution in [2.75, 3.05) is 42.3 Å². The topological polar surface area (TPSA) is 56.2 Å². The second kappa shape index (κ2) is 5.86. The fourth-order valence-electron chi connectivity index (χ4n) is 0.747. The van der Waals surface area contributed by atoms with E-state index in [2.05, 4.69) is 4.99 Å². The average molecular weight is 248 g/mol. The minimum atomic E-state index is -3.50. The van der Waals surface area contributed by atoms with Gasteiger partial charge in [-0.25, -0.2) is 17.7 Å². The summed E-state index contributed by atoms with van der Waals surface area (Å²) in [7, 11) is 6.50. The Balaban J connectivity index is 5.29. The minimum absolute atomic E-state index is 0.0104. The second-order valence-corrected chi connectivity index (χ2v) is 6.03. The van der Waals surface area contributed by atoms with Crippen molar-refractivity contribution < 1.29 is 8.42 Å². The third-order valence-electron chi connectivity index (χ3n) is 1.53. The van der Waals surface area contributed by atoms with E-state index < -0.39 is 10.0 Å². The number of aliphatic imine (C=N–C) groups is 1.